The van der Waals surface area contributed by atoms with Gasteiger partial charge in [0.2, 0.25) is 0 Å². The molecule has 128 valence electrons. The van der Waals surface area contributed by atoms with Crippen LogP contribution in [0.4, 0.5) is 0 Å². The van der Waals surface area contributed by atoms with Gasteiger partial charge >= 0.3 is 0 Å². The first-order valence-electron chi connectivity index (χ1n) is 8.59. The van der Waals surface area contributed by atoms with Crippen LogP contribution in [-0.4, -0.2) is 58.7 Å². The summed E-state index contributed by atoms with van der Waals surface area (Å²) in [5, 5.41) is 4.78. The number of amides is 1. The summed E-state index contributed by atoms with van der Waals surface area (Å²) in [4.78, 5) is 16.1. The highest BCUT2D eigenvalue weighted by atomic mass is 16.2. The lowest BCUT2D eigenvalue weighted by Crippen LogP contribution is -2.33. The van der Waals surface area contributed by atoms with Gasteiger partial charge in [-0.05, 0) is 50.1 Å². The van der Waals surface area contributed by atoms with Crippen LogP contribution < -0.4 is 0 Å². The molecule has 0 N–H and O–H groups in total. The van der Waals surface area contributed by atoms with Crippen molar-refractivity contribution in [3.63, 3.8) is 0 Å². The average molecular weight is 326 g/mol. The smallest absolute Gasteiger partial charge is 0.253 e. The van der Waals surface area contributed by atoms with Gasteiger partial charge in [0.05, 0.1) is 11.4 Å². The number of carbonyl (C=O) groups is 1. The molecule has 1 aromatic carbocycles. The Morgan fingerprint density at radius 3 is 2.42 bits per heavy atom. The average Bonchev–Trinajstić information content (AvgIpc) is 2.87. The molecule has 0 spiro atoms. The minimum Gasteiger partial charge on any atom is -0.345 e. The molecule has 0 saturated carbocycles. The van der Waals surface area contributed by atoms with Crippen LogP contribution in [-0.2, 0) is 12.8 Å². The first-order chi connectivity index (χ1) is 11.5. The molecule has 0 atom stereocenters. The van der Waals surface area contributed by atoms with Crippen molar-refractivity contribution in [2.75, 3.05) is 27.2 Å². The molecule has 3 rings (SSSR count). The van der Waals surface area contributed by atoms with Gasteiger partial charge in [0, 0.05) is 51.4 Å². The van der Waals surface area contributed by atoms with Crippen molar-refractivity contribution in [2.24, 2.45) is 0 Å². The van der Waals surface area contributed by atoms with Gasteiger partial charge in [-0.25, -0.2) is 4.68 Å². The van der Waals surface area contributed by atoms with Crippen LogP contribution in [0.15, 0.2) is 30.5 Å². The highest BCUT2D eigenvalue weighted by Gasteiger charge is 2.19. The topological polar surface area (TPSA) is 41.4 Å². The number of aromatic nitrogens is 2. The van der Waals surface area contributed by atoms with Gasteiger partial charge in [-0.1, -0.05) is 0 Å². The van der Waals surface area contributed by atoms with Gasteiger partial charge in [-0.2, -0.15) is 5.10 Å². The van der Waals surface area contributed by atoms with E-state index in [4.69, 9.17) is 5.10 Å². The van der Waals surface area contributed by atoms with Crippen molar-refractivity contribution >= 4 is 5.91 Å². The van der Waals surface area contributed by atoms with Gasteiger partial charge in [-0.3, -0.25) is 4.79 Å². The lowest BCUT2D eigenvalue weighted by molar-refractivity contribution is 0.0827. The van der Waals surface area contributed by atoms with Crippen LogP contribution in [0.1, 0.15) is 35.5 Å². The predicted molar refractivity (Wildman–Crippen MR) is 95.7 cm³/mol. The molecule has 1 aliphatic rings. The van der Waals surface area contributed by atoms with E-state index in [0.29, 0.717) is 11.6 Å². The van der Waals surface area contributed by atoms with Crippen LogP contribution in [0.2, 0.25) is 0 Å². The van der Waals surface area contributed by atoms with Gasteiger partial charge < -0.3 is 9.80 Å². The van der Waals surface area contributed by atoms with Crippen molar-refractivity contribution in [3.8, 4) is 5.69 Å². The number of nitrogens with zero attached hydrogens (tertiary/aromatic N) is 4. The number of carbonyl (C=O) groups excluding carboxylic acids is 1. The fourth-order valence-corrected chi connectivity index (χ4v) is 3.15. The molecule has 1 aliphatic heterocycles. The Bertz CT molecular complexity index is 690. The van der Waals surface area contributed by atoms with Gasteiger partial charge in [0.25, 0.3) is 5.91 Å². The van der Waals surface area contributed by atoms with Crippen LogP contribution in [0.25, 0.3) is 5.69 Å². The highest BCUT2D eigenvalue weighted by Crippen LogP contribution is 2.19. The summed E-state index contributed by atoms with van der Waals surface area (Å²) in [5.41, 5.74) is 4.24. The lowest BCUT2D eigenvalue weighted by atomic mass is 10.1. The van der Waals surface area contributed by atoms with Crippen molar-refractivity contribution in [2.45, 2.75) is 32.7 Å². The standard InChI is InChI=1S/C19H26N4O/c1-14(2)22-11-9-16-13-23(20-18(16)10-12-22)17-7-5-15(6-8-17)19(24)21(3)4/h5-8,13-14H,9-12H2,1-4H3. The van der Waals surface area contributed by atoms with Crippen molar-refractivity contribution in [1.82, 2.24) is 19.6 Å². The maximum Gasteiger partial charge on any atom is 0.253 e. The second-order valence-electron chi connectivity index (χ2n) is 6.92. The maximum absolute atomic E-state index is 12.0. The fraction of sp³-hybridized carbons (Fsp3) is 0.474. The summed E-state index contributed by atoms with van der Waals surface area (Å²) in [7, 11) is 3.53. The summed E-state index contributed by atoms with van der Waals surface area (Å²) in [6, 6.07) is 8.24. The molecule has 0 aliphatic carbocycles. The number of rotatable bonds is 3. The largest absolute Gasteiger partial charge is 0.345 e. The van der Waals surface area contributed by atoms with Crippen LogP contribution in [0.5, 0.6) is 0 Å². The van der Waals surface area contributed by atoms with Crippen molar-refractivity contribution in [3.05, 3.63) is 47.3 Å². The molecule has 5 nitrogen and oxygen atoms in total. The Kier molecular flexibility index (Phi) is 4.71. The number of benzene rings is 1. The predicted octanol–water partition coefficient (Wildman–Crippen LogP) is 2.38. The minimum atomic E-state index is 0.0200. The zero-order valence-electron chi connectivity index (χ0n) is 15.0. The summed E-state index contributed by atoms with van der Waals surface area (Å²) >= 11 is 0. The van der Waals surface area contributed by atoms with Crippen LogP contribution >= 0.6 is 0 Å². The molecule has 0 unspecified atom stereocenters. The van der Waals surface area contributed by atoms with Crippen molar-refractivity contribution < 1.29 is 4.79 Å². The quantitative estimate of drug-likeness (QED) is 0.870. The third kappa shape index (κ3) is 3.36. The Balaban J connectivity index is 1.78. The van der Waals surface area contributed by atoms with E-state index < -0.39 is 0 Å². The van der Waals surface area contributed by atoms with Crippen LogP contribution in [0.3, 0.4) is 0 Å². The molecule has 0 fully saturated rings. The first kappa shape index (κ1) is 16.7. The van der Waals surface area contributed by atoms with E-state index in [1.807, 2.05) is 28.9 Å². The van der Waals surface area contributed by atoms with Gasteiger partial charge in [-0.15, -0.1) is 0 Å². The Morgan fingerprint density at radius 1 is 1.12 bits per heavy atom. The maximum atomic E-state index is 12.0. The third-order valence-corrected chi connectivity index (χ3v) is 4.70. The second-order valence-corrected chi connectivity index (χ2v) is 6.92. The SMILES string of the molecule is CC(C)N1CCc2cn(-c3ccc(C(=O)N(C)C)cc3)nc2CC1. The van der Waals surface area contributed by atoms with E-state index in [0.717, 1.165) is 31.6 Å². The highest BCUT2D eigenvalue weighted by molar-refractivity contribution is 5.94. The number of hydrogen-bond donors (Lipinski definition) is 0. The molecule has 24 heavy (non-hydrogen) atoms. The molecular formula is C19H26N4O. The van der Waals surface area contributed by atoms with E-state index in [2.05, 4.69) is 24.9 Å². The second kappa shape index (κ2) is 6.77. The lowest BCUT2D eigenvalue weighted by Gasteiger charge is -2.23. The third-order valence-electron chi connectivity index (χ3n) is 4.70. The summed E-state index contributed by atoms with van der Waals surface area (Å²) in [5.74, 6) is 0.0200. The zero-order valence-corrected chi connectivity index (χ0v) is 15.0. The first-order valence-corrected chi connectivity index (χ1v) is 8.59. The molecule has 0 saturated heterocycles. The number of fused-ring (bicyclic) bond motifs is 1. The minimum absolute atomic E-state index is 0.0200. The zero-order chi connectivity index (χ0) is 17.3. The molecule has 1 aromatic heterocycles. The Morgan fingerprint density at radius 2 is 1.79 bits per heavy atom. The summed E-state index contributed by atoms with van der Waals surface area (Å²) in [6.45, 7) is 6.66. The molecule has 1 amide bonds. The van der Waals surface area contributed by atoms with Crippen molar-refractivity contribution in [1.29, 1.82) is 0 Å². The Hall–Kier alpha value is -2.14. The van der Waals surface area contributed by atoms with Crippen LogP contribution in [0, 0.1) is 0 Å². The molecule has 5 heteroatoms. The van der Waals surface area contributed by atoms with E-state index >= 15 is 0 Å². The summed E-state index contributed by atoms with van der Waals surface area (Å²) in [6.07, 6.45) is 4.18. The molecule has 2 aromatic rings. The number of hydrogen-bond acceptors (Lipinski definition) is 3. The van der Waals surface area contributed by atoms with Gasteiger partial charge in [0.15, 0.2) is 0 Å². The molecule has 0 bridgehead atoms. The van der Waals surface area contributed by atoms with Gasteiger partial charge in [0.1, 0.15) is 0 Å². The molecule has 0 radical (unpaired) electrons. The van der Waals surface area contributed by atoms with E-state index in [1.54, 1.807) is 19.0 Å². The Labute approximate surface area is 143 Å². The molecule has 2 heterocycles. The summed E-state index contributed by atoms with van der Waals surface area (Å²) < 4.78 is 1.94. The molecular weight excluding hydrogens is 300 g/mol. The van der Waals surface area contributed by atoms with E-state index in [1.165, 1.54) is 11.3 Å². The van der Waals surface area contributed by atoms with E-state index in [-0.39, 0.29) is 5.91 Å². The van der Waals surface area contributed by atoms with E-state index in [9.17, 15) is 4.79 Å². The normalized spacial score (nSPS) is 15.2. The fourth-order valence-electron chi connectivity index (χ4n) is 3.15. The monoisotopic (exact) mass is 326 g/mol.